The average molecular weight is 291 g/mol. The Labute approximate surface area is 116 Å². The average Bonchev–Trinajstić information content (AvgIpc) is 2.39. The summed E-state index contributed by atoms with van der Waals surface area (Å²) in [6.07, 6.45) is 1.41. The van der Waals surface area contributed by atoms with Crippen molar-refractivity contribution in [3.8, 4) is 0 Å². The van der Waals surface area contributed by atoms with Gasteiger partial charge in [0.25, 0.3) is 10.0 Å². The molecule has 1 heterocycles. The summed E-state index contributed by atoms with van der Waals surface area (Å²) in [7, 11) is -3.81. The van der Waals surface area contributed by atoms with Crippen molar-refractivity contribution >= 4 is 27.3 Å². The van der Waals surface area contributed by atoms with Crippen molar-refractivity contribution in [1.29, 1.82) is 0 Å². The van der Waals surface area contributed by atoms with Crippen LogP contribution in [-0.2, 0) is 10.0 Å². The van der Waals surface area contributed by atoms with Gasteiger partial charge in [0.15, 0.2) is 11.6 Å². The van der Waals surface area contributed by atoms with Crippen LogP contribution in [0, 0.1) is 0 Å². The number of carbonyl (C=O) groups is 1. The monoisotopic (exact) mass is 291 g/mol. The molecule has 7 heteroatoms. The first-order chi connectivity index (χ1) is 9.40. The largest absolute Gasteiger partial charge is 0.399 e. The number of carbonyl (C=O) groups excluding carboxylic acids is 1. The smallest absolute Gasteiger partial charge is 0.263 e. The highest BCUT2D eigenvalue weighted by molar-refractivity contribution is 7.92. The number of rotatable bonds is 4. The fourth-order valence-electron chi connectivity index (χ4n) is 1.60. The zero-order chi connectivity index (χ0) is 14.8. The number of Topliss-reactive ketones (excluding diaryl/α,β-unsaturated/α-hetero) is 1. The third kappa shape index (κ3) is 2.94. The molecular weight excluding hydrogens is 278 g/mol. The van der Waals surface area contributed by atoms with E-state index < -0.39 is 10.0 Å². The summed E-state index contributed by atoms with van der Waals surface area (Å²) in [5.41, 5.74) is 6.19. The Morgan fingerprint density at radius 1 is 1.20 bits per heavy atom. The molecule has 2 rings (SSSR count). The van der Waals surface area contributed by atoms with Crippen molar-refractivity contribution in [1.82, 2.24) is 4.98 Å². The minimum atomic E-state index is -3.81. The van der Waals surface area contributed by atoms with Gasteiger partial charge in [0.05, 0.1) is 10.5 Å². The maximum atomic E-state index is 12.2. The van der Waals surface area contributed by atoms with Gasteiger partial charge in [-0.05, 0) is 43.3 Å². The van der Waals surface area contributed by atoms with Crippen molar-refractivity contribution in [3.63, 3.8) is 0 Å². The molecule has 0 bridgehead atoms. The number of aromatic nitrogens is 1. The lowest BCUT2D eigenvalue weighted by atomic mass is 10.2. The van der Waals surface area contributed by atoms with Crippen molar-refractivity contribution in [2.45, 2.75) is 11.8 Å². The summed E-state index contributed by atoms with van der Waals surface area (Å²) in [4.78, 5) is 15.4. The molecule has 6 nitrogen and oxygen atoms in total. The molecular formula is C13H13N3O3S. The lowest BCUT2D eigenvalue weighted by Gasteiger charge is -2.10. The molecule has 20 heavy (non-hydrogen) atoms. The molecule has 0 aliphatic rings. The van der Waals surface area contributed by atoms with E-state index in [1.807, 2.05) is 0 Å². The molecule has 0 saturated carbocycles. The normalized spacial score (nSPS) is 11.1. The van der Waals surface area contributed by atoms with E-state index in [-0.39, 0.29) is 22.1 Å². The second-order valence-corrected chi connectivity index (χ2v) is 5.81. The number of nitrogens with two attached hydrogens (primary N) is 1. The van der Waals surface area contributed by atoms with Crippen LogP contribution >= 0.6 is 0 Å². The van der Waals surface area contributed by atoms with E-state index in [0.717, 1.165) is 0 Å². The molecule has 2 aromatic rings. The molecule has 0 spiro atoms. The van der Waals surface area contributed by atoms with Gasteiger partial charge >= 0.3 is 0 Å². The van der Waals surface area contributed by atoms with E-state index in [1.165, 1.54) is 43.5 Å². The van der Waals surface area contributed by atoms with Gasteiger partial charge in [-0.15, -0.1) is 0 Å². The number of benzene rings is 1. The second-order valence-electron chi connectivity index (χ2n) is 4.13. The summed E-state index contributed by atoms with van der Waals surface area (Å²) >= 11 is 0. The Morgan fingerprint density at radius 3 is 2.45 bits per heavy atom. The van der Waals surface area contributed by atoms with Crippen LogP contribution in [-0.4, -0.2) is 19.2 Å². The number of nitrogen functional groups attached to an aromatic ring is 1. The maximum absolute atomic E-state index is 12.2. The summed E-state index contributed by atoms with van der Waals surface area (Å²) in [5, 5.41) is 0. The molecule has 0 amide bonds. The predicted molar refractivity (Wildman–Crippen MR) is 75.9 cm³/mol. The van der Waals surface area contributed by atoms with Crippen LogP contribution in [0.2, 0.25) is 0 Å². The third-order valence-corrected chi connectivity index (χ3v) is 3.96. The number of nitrogens with zero attached hydrogens (tertiary/aromatic N) is 1. The number of sulfonamides is 1. The van der Waals surface area contributed by atoms with Crippen LogP contribution < -0.4 is 10.5 Å². The first-order valence-corrected chi connectivity index (χ1v) is 7.23. The van der Waals surface area contributed by atoms with Crippen LogP contribution in [0.15, 0.2) is 47.5 Å². The van der Waals surface area contributed by atoms with Gasteiger partial charge in [-0.2, -0.15) is 0 Å². The molecule has 0 atom stereocenters. The second kappa shape index (κ2) is 5.30. The van der Waals surface area contributed by atoms with Gasteiger partial charge in [-0.1, -0.05) is 0 Å². The Bertz CT molecular complexity index is 740. The zero-order valence-electron chi connectivity index (χ0n) is 10.7. The molecule has 0 radical (unpaired) electrons. The van der Waals surface area contributed by atoms with Crippen molar-refractivity contribution < 1.29 is 13.2 Å². The Morgan fingerprint density at radius 2 is 1.85 bits per heavy atom. The standard InChI is InChI=1S/C13H13N3O3S/c1-9(17)12-3-2-8-15-13(12)16-20(18,19)11-6-4-10(14)5-7-11/h2-8H,14H2,1H3,(H,15,16). The van der Waals surface area contributed by atoms with Gasteiger partial charge in [-0.3, -0.25) is 9.52 Å². The Hall–Kier alpha value is -2.41. The van der Waals surface area contributed by atoms with Crippen molar-refractivity contribution in [2.75, 3.05) is 10.5 Å². The SMILES string of the molecule is CC(=O)c1cccnc1NS(=O)(=O)c1ccc(N)cc1. The van der Waals surface area contributed by atoms with Gasteiger partial charge in [0, 0.05) is 11.9 Å². The number of nitrogens with one attached hydrogen (secondary N) is 1. The van der Waals surface area contributed by atoms with Crippen LogP contribution in [0.25, 0.3) is 0 Å². The Kier molecular flexibility index (Phi) is 3.71. The van der Waals surface area contributed by atoms with Gasteiger partial charge in [0.1, 0.15) is 0 Å². The summed E-state index contributed by atoms with van der Waals surface area (Å²) < 4.78 is 26.7. The van der Waals surface area contributed by atoms with Crippen LogP contribution in [0.5, 0.6) is 0 Å². The van der Waals surface area contributed by atoms with E-state index in [0.29, 0.717) is 5.69 Å². The topological polar surface area (TPSA) is 102 Å². The van der Waals surface area contributed by atoms with E-state index in [1.54, 1.807) is 6.07 Å². The number of hydrogen-bond acceptors (Lipinski definition) is 5. The summed E-state index contributed by atoms with van der Waals surface area (Å²) in [5.74, 6) is -0.259. The Balaban J connectivity index is 2.38. The molecule has 1 aromatic heterocycles. The number of anilines is 2. The minimum absolute atomic E-state index is 0.0109. The molecule has 0 fully saturated rings. The van der Waals surface area contributed by atoms with Gasteiger partial charge in [0.2, 0.25) is 0 Å². The van der Waals surface area contributed by atoms with Gasteiger partial charge < -0.3 is 5.73 Å². The molecule has 3 N–H and O–H groups in total. The number of hydrogen-bond donors (Lipinski definition) is 2. The fraction of sp³-hybridized carbons (Fsp3) is 0.0769. The number of pyridine rings is 1. The quantitative estimate of drug-likeness (QED) is 0.659. The predicted octanol–water partition coefficient (Wildman–Crippen LogP) is 1.67. The lowest BCUT2D eigenvalue weighted by Crippen LogP contribution is -2.16. The highest BCUT2D eigenvalue weighted by atomic mass is 32.2. The fourth-order valence-corrected chi connectivity index (χ4v) is 2.63. The van der Waals surface area contributed by atoms with Crippen LogP contribution in [0.1, 0.15) is 17.3 Å². The summed E-state index contributed by atoms with van der Waals surface area (Å²) in [6.45, 7) is 1.35. The highest BCUT2D eigenvalue weighted by Gasteiger charge is 2.17. The molecule has 104 valence electrons. The minimum Gasteiger partial charge on any atom is -0.399 e. The molecule has 0 saturated heterocycles. The zero-order valence-corrected chi connectivity index (χ0v) is 11.5. The molecule has 0 unspecified atom stereocenters. The van der Waals surface area contributed by atoms with Crippen molar-refractivity contribution in [2.24, 2.45) is 0 Å². The highest BCUT2D eigenvalue weighted by Crippen LogP contribution is 2.18. The van der Waals surface area contributed by atoms with Crippen molar-refractivity contribution in [3.05, 3.63) is 48.2 Å². The molecule has 0 aliphatic heterocycles. The van der Waals surface area contributed by atoms with E-state index in [9.17, 15) is 13.2 Å². The maximum Gasteiger partial charge on any atom is 0.263 e. The first-order valence-electron chi connectivity index (χ1n) is 5.74. The molecule has 0 aliphatic carbocycles. The van der Waals surface area contributed by atoms with Gasteiger partial charge in [-0.25, -0.2) is 13.4 Å². The van der Waals surface area contributed by atoms with E-state index >= 15 is 0 Å². The first kappa shape index (κ1) is 14.0. The molecule has 1 aromatic carbocycles. The lowest BCUT2D eigenvalue weighted by molar-refractivity contribution is 0.101. The third-order valence-electron chi connectivity index (χ3n) is 2.61. The van der Waals surface area contributed by atoms with E-state index in [4.69, 9.17) is 5.73 Å². The van der Waals surface area contributed by atoms with Crippen LogP contribution in [0.4, 0.5) is 11.5 Å². The van der Waals surface area contributed by atoms with E-state index in [2.05, 4.69) is 9.71 Å². The van der Waals surface area contributed by atoms with Crippen LogP contribution in [0.3, 0.4) is 0 Å². The summed E-state index contributed by atoms with van der Waals surface area (Å²) in [6, 6.07) is 8.81. The number of ketones is 1.